The summed E-state index contributed by atoms with van der Waals surface area (Å²) >= 11 is 0. The Balaban J connectivity index is 1.74. The van der Waals surface area contributed by atoms with E-state index in [0.29, 0.717) is 17.8 Å². The molecule has 0 saturated heterocycles. The van der Waals surface area contributed by atoms with Crippen LogP contribution in [-0.4, -0.2) is 22.4 Å². The van der Waals surface area contributed by atoms with E-state index in [1.54, 1.807) is 11.1 Å². The number of aliphatic hydroxyl groups excluding tert-OH is 2. The summed E-state index contributed by atoms with van der Waals surface area (Å²) in [7, 11) is 0. The average molecular weight is 471 g/mol. The number of aliphatic hydroxyl groups is 2. The lowest BCUT2D eigenvalue weighted by Crippen LogP contribution is -2.57. The van der Waals surface area contributed by atoms with E-state index in [1.807, 2.05) is 6.08 Å². The predicted molar refractivity (Wildman–Crippen MR) is 143 cm³/mol. The van der Waals surface area contributed by atoms with Crippen LogP contribution in [0.1, 0.15) is 119 Å². The molecule has 4 aliphatic rings. The Kier molecular flexibility index (Phi) is 7.05. The van der Waals surface area contributed by atoms with Crippen molar-refractivity contribution >= 4 is 0 Å². The van der Waals surface area contributed by atoms with Crippen LogP contribution in [0, 0.1) is 45.3 Å². The molecular formula is C32H54O2. The zero-order valence-corrected chi connectivity index (χ0v) is 23.4. The average Bonchev–Trinajstić information content (AvgIpc) is 3.10. The van der Waals surface area contributed by atoms with Crippen LogP contribution < -0.4 is 0 Å². The Morgan fingerprint density at radius 2 is 1.65 bits per heavy atom. The standard InChI is InChI=1S/C32H54O2/c1-9-27(33)32-20-16-23(22(4)12-10-11-21(2)3)31(32,8)19-15-24-25(32)13-14-26-29(5,6)28(34)17-18-30(24,26)7/h9,21-23,26-28,33-34H,1,10-20H2,2-8H3/t22-,23-,26+,27?,28+,30-,31-,32-/m1/s1. The van der Waals surface area contributed by atoms with E-state index >= 15 is 0 Å². The van der Waals surface area contributed by atoms with Crippen molar-refractivity contribution in [3.05, 3.63) is 23.8 Å². The van der Waals surface area contributed by atoms with Crippen molar-refractivity contribution in [2.24, 2.45) is 45.3 Å². The number of allylic oxidation sites excluding steroid dienone is 1. The zero-order valence-electron chi connectivity index (χ0n) is 23.4. The molecule has 0 amide bonds. The smallest absolute Gasteiger partial charge is 0.0817 e. The molecule has 2 nitrogen and oxygen atoms in total. The molecule has 2 heteroatoms. The van der Waals surface area contributed by atoms with Crippen LogP contribution in [0.3, 0.4) is 0 Å². The lowest BCUT2D eigenvalue weighted by Gasteiger charge is -2.63. The fourth-order valence-corrected chi connectivity index (χ4v) is 10.2. The Labute approximate surface area is 210 Å². The first kappa shape index (κ1) is 26.5. The van der Waals surface area contributed by atoms with E-state index in [9.17, 15) is 10.2 Å². The van der Waals surface area contributed by atoms with Crippen LogP contribution in [0.25, 0.3) is 0 Å². The third-order valence-electron chi connectivity index (χ3n) is 12.2. The van der Waals surface area contributed by atoms with Gasteiger partial charge in [-0.3, -0.25) is 0 Å². The van der Waals surface area contributed by atoms with Crippen LogP contribution in [0.4, 0.5) is 0 Å². The molecule has 194 valence electrons. The third kappa shape index (κ3) is 3.63. The van der Waals surface area contributed by atoms with Gasteiger partial charge in [0.05, 0.1) is 12.2 Å². The normalized spacial score (nSPS) is 43.2. The molecule has 0 heterocycles. The highest BCUT2D eigenvalue weighted by Gasteiger charge is 2.66. The van der Waals surface area contributed by atoms with Crippen molar-refractivity contribution in [3.8, 4) is 0 Å². The number of fused-ring (bicyclic) bond motifs is 4. The molecule has 2 saturated carbocycles. The minimum Gasteiger partial charge on any atom is -0.393 e. The SMILES string of the molecule is C=CC(O)[C@]12CC[C@H]([C@H](C)CCCC(C)C)[C@@]1(C)CCC1=C2CC[C@H]2C(C)(C)[C@@H](O)CC[C@]12C. The number of hydrogen-bond acceptors (Lipinski definition) is 2. The van der Waals surface area contributed by atoms with Crippen molar-refractivity contribution in [1.29, 1.82) is 0 Å². The first-order valence-electron chi connectivity index (χ1n) is 14.6. The molecule has 0 aromatic rings. The summed E-state index contributed by atoms with van der Waals surface area (Å²) in [4.78, 5) is 0. The number of hydrogen-bond donors (Lipinski definition) is 2. The van der Waals surface area contributed by atoms with Gasteiger partial charge in [-0.15, -0.1) is 6.58 Å². The van der Waals surface area contributed by atoms with E-state index in [1.165, 1.54) is 38.5 Å². The van der Waals surface area contributed by atoms with E-state index in [-0.39, 0.29) is 27.8 Å². The maximum Gasteiger partial charge on any atom is 0.0817 e. The van der Waals surface area contributed by atoms with Crippen molar-refractivity contribution in [3.63, 3.8) is 0 Å². The zero-order chi connectivity index (χ0) is 25.1. The van der Waals surface area contributed by atoms with E-state index < -0.39 is 6.10 Å². The monoisotopic (exact) mass is 470 g/mol. The van der Waals surface area contributed by atoms with Crippen LogP contribution in [-0.2, 0) is 0 Å². The molecule has 0 radical (unpaired) electrons. The van der Waals surface area contributed by atoms with Gasteiger partial charge in [-0.2, -0.15) is 0 Å². The van der Waals surface area contributed by atoms with Gasteiger partial charge in [0.1, 0.15) is 0 Å². The summed E-state index contributed by atoms with van der Waals surface area (Å²) in [5.74, 6) is 2.69. The second-order valence-corrected chi connectivity index (χ2v) is 14.4. The van der Waals surface area contributed by atoms with Gasteiger partial charge >= 0.3 is 0 Å². The summed E-state index contributed by atoms with van der Waals surface area (Å²) < 4.78 is 0. The fraction of sp³-hybridized carbons (Fsp3) is 0.875. The molecule has 0 aromatic heterocycles. The van der Waals surface area contributed by atoms with Crippen molar-refractivity contribution in [1.82, 2.24) is 0 Å². The summed E-state index contributed by atoms with van der Waals surface area (Å²) in [5, 5.41) is 22.6. The van der Waals surface area contributed by atoms with E-state index in [0.717, 1.165) is 38.0 Å². The molecular weight excluding hydrogens is 416 g/mol. The van der Waals surface area contributed by atoms with Crippen LogP contribution in [0.5, 0.6) is 0 Å². The minimum atomic E-state index is -0.460. The van der Waals surface area contributed by atoms with Crippen LogP contribution in [0.15, 0.2) is 23.8 Å². The molecule has 2 N–H and O–H groups in total. The summed E-state index contributed by atoms with van der Waals surface area (Å²) in [6.07, 6.45) is 14.1. The lowest BCUT2D eigenvalue weighted by atomic mass is 9.42. The van der Waals surface area contributed by atoms with E-state index in [4.69, 9.17) is 0 Å². The fourth-order valence-electron chi connectivity index (χ4n) is 10.2. The molecule has 2 fully saturated rings. The Morgan fingerprint density at radius 3 is 2.29 bits per heavy atom. The Hall–Kier alpha value is -0.600. The highest BCUT2D eigenvalue weighted by Crippen LogP contribution is 2.73. The lowest BCUT2D eigenvalue weighted by molar-refractivity contribution is -0.104. The molecule has 8 atom stereocenters. The molecule has 4 rings (SSSR count). The van der Waals surface area contributed by atoms with Gasteiger partial charge in [0.2, 0.25) is 0 Å². The van der Waals surface area contributed by atoms with Gasteiger partial charge in [-0.25, -0.2) is 0 Å². The largest absolute Gasteiger partial charge is 0.393 e. The van der Waals surface area contributed by atoms with Gasteiger partial charge in [-0.05, 0) is 91.3 Å². The molecule has 0 aromatic carbocycles. The third-order valence-corrected chi connectivity index (χ3v) is 12.2. The second kappa shape index (κ2) is 9.05. The summed E-state index contributed by atoms with van der Waals surface area (Å²) in [6.45, 7) is 21.0. The van der Waals surface area contributed by atoms with Crippen molar-refractivity contribution < 1.29 is 10.2 Å². The maximum absolute atomic E-state index is 11.7. The first-order valence-corrected chi connectivity index (χ1v) is 14.6. The molecule has 4 aliphatic carbocycles. The highest BCUT2D eigenvalue weighted by atomic mass is 16.3. The minimum absolute atomic E-state index is 0.0420. The van der Waals surface area contributed by atoms with E-state index in [2.05, 4.69) is 55.0 Å². The van der Waals surface area contributed by atoms with Crippen LogP contribution >= 0.6 is 0 Å². The second-order valence-electron chi connectivity index (χ2n) is 14.4. The van der Waals surface area contributed by atoms with Crippen molar-refractivity contribution in [2.45, 2.75) is 131 Å². The van der Waals surface area contributed by atoms with Gasteiger partial charge in [0.25, 0.3) is 0 Å². The first-order chi connectivity index (χ1) is 15.9. The quantitative estimate of drug-likeness (QED) is 0.369. The predicted octanol–water partition coefficient (Wildman–Crippen LogP) is 8.09. The van der Waals surface area contributed by atoms with Gasteiger partial charge in [0.15, 0.2) is 0 Å². The van der Waals surface area contributed by atoms with Crippen LogP contribution in [0.2, 0.25) is 0 Å². The topological polar surface area (TPSA) is 40.5 Å². The molecule has 0 spiro atoms. The molecule has 0 aliphatic heterocycles. The Bertz CT molecular complexity index is 808. The molecule has 1 unspecified atom stereocenters. The maximum atomic E-state index is 11.7. The summed E-state index contributed by atoms with van der Waals surface area (Å²) in [5.41, 5.74) is 3.41. The molecule has 34 heavy (non-hydrogen) atoms. The van der Waals surface area contributed by atoms with Gasteiger partial charge in [-0.1, -0.05) is 85.0 Å². The Morgan fingerprint density at radius 1 is 0.941 bits per heavy atom. The highest BCUT2D eigenvalue weighted by molar-refractivity contribution is 5.41. The van der Waals surface area contributed by atoms with Gasteiger partial charge in [0, 0.05) is 5.41 Å². The molecule has 0 bridgehead atoms. The van der Waals surface area contributed by atoms with Gasteiger partial charge < -0.3 is 10.2 Å². The summed E-state index contributed by atoms with van der Waals surface area (Å²) in [6, 6.07) is 0. The number of rotatable bonds is 7. The van der Waals surface area contributed by atoms with Crippen molar-refractivity contribution in [2.75, 3.05) is 0 Å².